The van der Waals surface area contributed by atoms with Crippen molar-refractivity contribution in [1.29, 1.82) is 0 Å². The Labute approximate surface area is 111 Å². The molecule has 1 aliphatic carbocycles. The first-order valence-electron chi connectivity index (χ1n) is 6.20. The summed E-state index contributed by atoms with van der Waals surface area (Å²) in [4.78, 5) is 7.92. The highest BCUT2D eigenvalue weighted by Crippen LogP contribution is 2.21. The van der Waals surface area contributed by atoms with Crippen molar-refractivity contribution in [2.45, 2.75) is 31.8 Å². The normalized spacial score (nSPS) is 18.7. The molecule has 0 radical (unpaired) electrons. The molecule has 1 aromatic heterocycles. The molecule has 0 bridgehead atoms. The largest absolute Gasteiger partial charge is 0.393 e. The SMILES string of the molecule is OC1CCc2nc(Cc3cccc(Cl)c3)[nH]c2C1. The van der Waals surface area contributed by atoms with Gasteiger partial charge in [0.25, 0.3) is 0 Å². The van der Waals surface area contributed by atoms with Crippen LogP contribution in [-0.2, 0) is 19.3 Å². The molecule has 2 N–H and O–H groups in total. The van der Waals surface area contributed by atoms with Crippen LogP contribution in [-0.4, -0.2) is 21.2 Å². The van der Waals surface area contributed by atoms with Gasteiger partial charge in [0.2, 0.25) is 0 Å². The third kappa shape index (κ3) is 2.42. The van der Waals surface area contributed by atoms with E-state index in [4.69, 9.17) is 11.6 Å². The van der Waals surface area contributed by atoms with Crippen LogP contribution in [0.1, 0.15) is 29.2 Å². The van der Waals surface area contributed by atoms with Crippen molar-refractivity contribution in [2.24, 2.45) is 0 Å². The molecule has 1 aromatic carbocycles. The summed E-state index contributed by atoms with van der Waals surface area (Å²) >= 11 is 5.97. The van der Waals surface area contributed by atoms with Crippen LogP contribution in [0.4, 0.5) is 0 Å². The molecule has 4 heteroatoms. The lowest BCUT2D eigenvalue weighted by Gasteiger charge is -2.14. The minimum atomic E-state index is -0.225. The molecule has 3 rings (SSSR count). The first-order chi connectivity index (χ1) is 8.70. The number of imidazole rings is 1. The fraction of sp³-hybridized carbons (Fsp3) is 0.357. The second-order valence-electron chi connectivity index (χ2n) is 4.81. The number of benzene rings is 1. The van der Waals surface area contributed by atoms with Gasteiger partial charge in [-0.25, -0.2) is 4.98 Å². The van der Waals surface area contributed by atoms with Gasteiger partial charge in [-0.15, -0.1) is 0 Å². The number of hydrogen-bond donors (Lipinski definition) is 2. The second-order valence-corrected chi connectivity index (χ2v) is 5.25. The maximum atomic E-state index is 9.63. The van der Waals surface area contributed by atoms with Crippen molar-refractivity contribution in [2.75, 3.05) is 0 Å². The van der Waals surface area contributed by atoms with Crippen molar-refractivity contribution in [3.63, 3.8) is 0 Å². The van der Waals surface area contributed by atoms with Gasteiger partial charge in [0.05, 0.1) is 11.8 Å². The van der Waals surface area contributed by atoms with Crippen LogP contribution < -0.4 is 0 Å². The number of aliphatic hydroxyl groups excluding tert-OH is 1. The number of rotatable bonds is 2. The van der Waals surface area contributed by atoms with Gasteiger partial charge in [0.15, 0.2) is 0 Å². The van der Waals surface area contributed by atoms with Crippen LogP contribution >= 0.6 is 11.6 Å². The minimum absolute atomic E-state index is 0.225. The Morgan fingerprint density at radius 3 is 3.17 bits per heavy atom. The molecule has 0 aliphatic heterocycles. The summed E-state index contributed by atoms with van der Waals surface area (Å²) in [5.74, 6) is 0.955. The lowest BCUT2D eigenvalue weighted by molar-refractivity contribution is 0.157. The fourth-order valence-corrected chi connectivity index (χ4v) is 2.66. The second kappa shape index (κ2) is 4.75. The maximum absolute atomic E-state index is 9.63. The predicted molar refractivity (Wildman–Crippen MR) is 70.9 cm³/mol. The van der Waals surface area contributed by atoms with E-state index in [1.807, 2.05) is 24.3 Å². The lowest BCUT2D eigenvalue weighted by atomic mass is 9.99. The van der Waals surface area contributed by atoms with Crippen LogP contribution in [0, 0.1) is 0 Å². The van der Waals surface area contributed by atoms with Crippen molar-refractivity contribution in [1.82, 2.24) is 9.97 Å². The molecule has 94 valence electrons. The van der Waals surface area contributed by atoms with E-state index in [9.17, 15) is 5.11 Å². The molecule has 1 atom stereocenters. The van der Waals surface area contributed by atoms with E-state index in [0.29, 0.717) is 6.42 Å². The number of aromatic nitrogens is 2. The van der Waals surface area contributed by atoms with E-state index >= 15 is 0 Å². The van der Waals surface area contributed by atoms with Crippen molar-refractivity contribution in [3.05, 3.63) is 52.1 Å². The topological polar surface area (TPSA) is 48.9 Å². The van der Waals surface area contributed by atoms with Gasteiger partial charge in [-0.2, -0.15) is 0 Å². The highest BCUT2D eigenvalue weighted by atomic mass is 35.5. The number of hydrogen-bond acceptors (Lipinski definition) is 2. The van der Waals surface area contributed by atoms with Gasteiger partial charge < -0.3 is 10.1 Å². The summed E-state index contributed by atoms with van der Waals surface area (Å²) in [6.45, 7) is 0. The van der Waals surface area contributed by atoms with E-state index in [2.05, 4.69) is 9.97 Å². The molecule has 0 saturated heterocycles. The zero-order chi connectivity index (χ0) is 12.5. The Balaban J connectivity index is 1.82. The first-order valence-corrected chi connectivity index (χ1v) is 6.57. The summed E-state index contributed by atoms with van der Waals surface area (Å²) in [7, 11) is 0. The molecule has 0 amide bonds. The number of aliphatic hydroxyl groups is 1. The molecule has 0 saturated carbocycles. The Morgan fingerprint density at radius 2 is 2.33 bits per heavy atom. The number of aromatic amines is 1. The molecule has 1 unspecified atom stereocenters. The fourth-order valence-electron chi connectivity index (χ4n) is 2.45. The van der Waals surface area contributed by atoms with Gasteiger partial charge in [-0.05, 0) is 30.5 Å². The van der Waals surface area contributed by atoms with E-state index in [-0.39, 0.29) is 6.10 Å². The van der Waals surface area contributed by atoms with Gasteiger partial charge in [0.1, 0.15) is 5.82 Å². The number of aryl methyl sites for hydroxylation is 1. The highest BCUT2D eigenvalue weighted by Gasteiger charge is 2.20. The summed E-state index contributed by atoms with van der Waals surface area (Å²) in [5, 5.41) is 10.4. The predicted octanol–water partition coefficient (Wildman–Crippen LogP) is 2.50. The summed E-state index contributed by atoms with van der Waals surface area (Å²) < 4.78 is 0. The standard InChI is InChI=1S/C14H15ClN2O/c15-10-3-1-2-9(6-10)7-14-16-12-5-4-11(18)8-13(12)17-14/h1-3,6,11,18H,4-5,7-8H2,(H,16,17). The number of H-pyrrole nitrogens is 1. The quantitative estimate of drug-likeness (QED) is 0.874. The molecule has 0 fully saturated rings. The van der Waals surface area contributed by atoms with Crippen LogP contribution in [0.15, 0.2) is 24.3 Å². The molecule has 18 heavy (non-hydrogen) atoms. The Kier molecular flexibility index (Phi) is 3.10. The third-order valence-electron chi connectivity index (χ3n) is 3.33. The molecule has 2 aromatic rings. The smallest absolute Gasteiger partial charge is 0.110 e. The third-order valence-corrected chi connectivity index (χ3v) is 3.56. The number of nitrogens with one attached hydrogen (secondary N) is 1. The molecule has 1 heterocycles. The van der Waals surface area contributed by atoms with Gasteiger partial charge in [0, 0.05) is 23.6 Å². The van der Waals surface area contributed by atoms with Crippen LogP contribution in [0.2, 0.25) is 5.02 Å². The Morgan fingerprint density at radius 1 is 1.44 bits per heavy atom. The van der Waals surface area contributed by atoms with E-state index in [1.165, 1.54) is 0 Å². The number of fused-ring (bicyclic) bond motifs is 1. The molecule has 3 nitrogen and oxygen atoms in total. The maximum Gasteiger partial charge on any atom is 0.110 e. The van der Waals surface area contributed by atoms with E-state index in [1.54, 1.807) is 0 Å². The number of nitrogens with zero attached hydrogens (tertiary/aromatic N) is 1. The highest BCUT2D eigenvalue weighted by molar-refractivity contribution is 6.30. The first kappa shape index (κ1) is 11.8. The van der Waals surface area contributed by atoms with Crippen molar-refractivity contribution in [3.8, 4) is 0 Å². The average Bonchev–Trinajstić information content (AvgIpc) is 2.70. The van der Waals surface area contributed by atoms with E-state index < -0.39 is 0 Å². The number of halogens is 1. The van der Waals surface area contributed by atoms with Crippen LogP contribution in [0.5, 0.6) is 0 Å². The zero-order valence-electron chi connectivity index (χ0n) is 9.99. The van der Waals surface area contributed by atoms with E-state index in [0.717, 1.165) is 47.1 Å². The van der Waals surface area contributed by atoms with Gasteiger partial charge in [-0.1, -0.05) is 23.7 Å². The van der Waals surface area contributed by atoms with Crippen molar-refractivity contribution < 1.29 is 5.11 Å². The summed E-state index contributed by atoms with van der Waals surface area (Å²) in [6.07, 6.45) is 2.90. The minimum Gasteiger partial charge on any atom is -0.393 e. The summed E-state index contributed by atoms with van der Waals surface area (Å²) in [5.41, 5.74) is 3.34. The molecule has 1 aliphatic rings. The summed E-state index contributed by atoms with van der Waals surface area (Å²) in [6, 6.07) is 7.82. The Hall–Kier alpha value is -1.32. The average molecular weight is 263 g/mol. The van der Waals surface area contributed by atoms with Gasteiger partial charge >= 0.3 is 0 Å². The van der Waals surface area contributed by atoms with Gasteiger partial charge in [-0.3, -0.25) is 0 Å². The monoisotopic (exact) mass is 262 g/mol. The lowest BCUT2D eigenvalue weighted by Crippen LogP contribution is -2.18. The molecular weight excluding hydrogens is 248 g/mol. The van der Waals surface area contributed by atoms with Crippen LogP contribution in [0.25, 0.3) is 0 Å². The van der Waals surface area contributed by atoms with Crippen molar-refractivity contribution >= 4 is 11.6 Å². The Bertz CT molecular complexity index is 565. The molecular formula is C14H15ClN2O. The molecule has 0 spiro atoms. The zero-order valence-corrected chi connectivity index (χ0v) is 10.7. The van der Waals surface area contributed by atoms with Crippen LogP contribution in [0.3, 0.4) is 0 Å².